The number of aliphatic hydroxyl groups excluding tert-OH is 2. The van der Waals surface area contributed by atoms with Crippen molar-refractivity contribution in [3.05, 3.63) is 33.8 Å². The van der Waals surface area contributed by atoms with Gasteiger partial charge in [-0.05, 0) is 37.8 Å². The molecule has 0 aliphatic heterocycles. The van der Waals surface area contributed by atoms with Crippen molar-refractivity contribution in [2.45, 2.75) is 52.7 Å². The average molecular weight is 310 g/mol. The van der Waals surface area contributed by atoms with E-state index in [9.17, 15) is 10.2 Å². The zero-order valence-electron chi connectivity index (χ0n) is 14.7. The Balaban J connectivity index is 5.76. The van der Waals surface area contributed by atoms with Crippen molar-refractivity contribution in [1.29, 1.82) is 0 Å². The van der Waals surface area contributed by atoms with Gasteiger partial charge in [0, 0.05) is 25.4 Å². The summed E-state index contributed by atoms with van der Waals surface area (Å²) in [7, 11) is 3.11. The predicted molar refractivity (Wildman–Crippen MR) is 88.8 cm³/mol. The van der Waals surface area contributed by atoms with Gasteiger partial charge in [0.1, 0.15) is 12.2 Å². The van der Waals surface area contributed by atoms with E-state index in [4.69, 9.17) is 9.47 Å². The van der Waals surface area contributed by atoms with E-state index in [0.717, 1.165) is 35.1 Å². The monoisotopic (exact) mass is 310 g/mol. The van der Waals surface area contributed by atoms with Gasteiger partial charge in [-0.1, -0.05) is 13.8 Å². The van der Waals surface area contributed by atoms with Crippen molar-refractivity contribution in [3.8, 4) is 0 Å². The molecule has 0 heterocycles. The molecule has 0 spiro atoms. The van der Waals surface area contributed by atoms with Crippen LogP contribution in [0.5, 0.6) is 0 Å². The van der Waals surface area contributed by atoms with Gasteiger partial charge in [0.25, 0.3) is 0 Å². The minimum Gasteiger partial charge on any atom is -0.386 e. The second-order valence-electron chi connectivity index (χ2n) is 5.22. The first-order chi connectivity index (χ1) is 10.4. The molecule has 0 aromatic carbocycles. The summed E-state index contributed by atoms with van der Waals surface area (Å²) >= 11 is 0. The van der Waals surface area contributed by atoms with E-state index in [1.807, 2.05) is 27.7 Å². The second kappa shape index (κ2) is 11.4. The minimum absolute atomic E-state index is 0.252. The van der Waals surface area contributed by atoms with Gasteiger partial charge in [0.2, 0.25) is 0 Å². The van der Waals surface area contributed by atoms with Crippen molar-refractivity contribution >= 4 is 0 Å². The second-order valence-corrected chi connectivity index (χ2v) is 5.22. The first-order valence-electron chi connectivity index (χ1n) is 7.68. The summed E-state index contributed by atoms with van der Waals surface area (Å²) in [4.78, 5) is 0. The molecule has 2 unspecified atom stereocenters. The first-order valence-corrected chi connectivity index (χ1v) is 7.68. The maximum absolute atomic E-state index is 9.93. The van der Waals surface area contributed by atoms with Crippen LogP contribution in [0.25, 0.3) is 0 Å². The molecule has 0 bridgehead atoms. The van der Waals surface area contributed by atoms with Gasteiger partial charge in [-0.3, -0.25) is 0 Å². The maximum Gasteiger partial charge on any atom is 0.105 e. The molecule has 0 amide bonds. The van der Waals surface area contributed by atoms with Gasteiger partial charge in [0.05, 0.1) is 13.2 Å². The molecule has 0 saturated carbocycles. The topological polar surface area (TPSA) is 58.9 Å². The summed E-state index contributed by atoms with van der Waals surface area (Å²) in [6, 6.07) is 0. The van der Waals surface area contributed by atoms with Crippen LogP contribution in [-0.2, 0) is 9.47 Å². The molecule has 0 saturated heterocycles. The van der Waals surface area contributed by atoms with Crippen LogP contribution < -0.4 is 0 Å². The Kier molecular flexibility index (Phi) is 10.9. The van der Waals surface area contributed by atoms with E-state index in [1.54, 1.807) is 14.2 Å². The quantitative estimate of drug-likeness (QED) is 0.508. The summed E-state index contributed by atoms with van der Waals surface area (Å²) in [6.45, 7) is 8.25. The molecule has 126 valence electrons. The molecule has 0 rings (SSSR count). The number of hydrogen-bond donors (Lipinski definition) is 2. The van der Waals surface area contributed by atoms with Gasteiger partial charge >= 0.3 is 0 Å². The molecule has 0 aliphatic carbocycles. The normalized spacial score (nSPS) is 12.9. The highest BCUT2D eigenvalue weighted by Crippen LogP contribution is 2.18. The molecule has 22 heavy (non-hydrogen) atoms. The summed E-state index contributed by atoms with van der Waals surface area (Å²) in [6.07, 6.45) is 0.240. The standard InChI is InChI=1S/C18H30O4/c1-7-15(9-13(3)17(19)11-21-5)16(8-2)10-14(4)18(20)12-22-6/h17-20H,7-8,11-12H2,1-6H3. The van der Waals surface area contributed by atoms with Crippen LogP contribution in [0.4, 0.5) is 0 Å². The number of aliphatic hydroxyl groups is 2. The Labute approximate surface area is 134 Å². The van der Waals surface area contributed by atoms with E-state index in [1.165, 1.54) is 0 Å². The van der Waals surface area contributed by atoms with E-state index >= 15 is 0 Å². The maximum atomic E-state index is 9.93. The zero-order valence-corrected chi connectivity index (χ0v) is 14.7. The molecular weight excluding hydrogens is 280 g/mol. The minimum atomic E-state index is -0.659. The van der Waals surface area contributed by atoms with Gasteiger partial charge in [0.15, 0.2) is 0 Å². The summed E-state index contributed by atoms with van der Waals surface area (Å²) in [5.74, 6) is 0. The Morgan fingerprint density at radius 2 is 1.14 bits per heavy atom. The summed E-state index contributed by atoms with van der Waals surface area (Å²) in [5.41, 5.74) is 9.96. The van der Waals surface area contributed by atoms with Crippen LogP contribution in [0, 0.1) is 0 Å². The van der Waals surface area contributed by atoms with Crippen molar-refractivity contribution in [3.63, 3.8) is 0 Å². The lowest BCUT2D eigenvalue weighted by molar-refractivity contribution is 0.0866. The van der Waals surface area contributed by atoms with Crippen molar-refractivity contribution in [1.82, 2.24) is 0 Å². The molecule has 0 aliphatic rings. The third-order valence-electron chi connectivity index (χ3n) is 3.42. The lowest BCUT2D eigenvalue weighted by atomic mass is 9.99. The molecule has 0 aromatic heterocycles. The molecule has 4 heteroatoms. The molecular formula is C18H30O4. The average Bonchev–Trinajstić information content (AvgIpc) is 2.50. The summed E-state index contributed by atoms with van der Waals surface area (Å²) in [5, 5.41) is 19.9. The third-order valence-corrected chi connectivity index (χ3v) is 3.42. The van der Waals surface area contributed by atoms with Crippen LogP contribution in [0.15, 0.2) is 33.8 Å². The lowest BCUT2D eigenvalue weighted by Crippen LogP contribution is -2.15. The van der Waals surface area contributed by atoms with Crippen LogP contribution in [0.3, 0.4) is 0 Å². The molecule has 0 fully saturated rings. The van der Waals surface area contributed by atoms with Gasteiger partial charge in [-0.15, -0.1) is 11.5 Å². The zero-order chi connectivity index (χ0) is 17.1. The smallest absolute Gasteiger partial charge is 0.105 e. The Morgan fingerprint density at radius 1 is 0.818 bits per heavy atom. The lowest BCUT2D eigenvalue weighted by Gasteiger charge is -2.10. The fourth-order valence-corrected chi connectivity index (χ4v) is 1.96. The molecule has 0 aromatic rings. The highest BCUT2D eigenvalue weighted by atomic mass is 16.5. The molecule has 4 nitrogen and oxygen atoms in total. The number of hydrogen-bond acceptors (Lipinski definition) is 4. The Hall–Kier alpha value is -1.12. The largest absolute Gasteiger partial charge is 0.386 e. The van der Waals surface area contributed by atoms with Crippen LogP contribution in [-0.4, -0.2) is 49.9 Å². The molecule has 2 atom stereocenters. The van der Waals surface area contributed by atoms with Gasteiger partial charge < -0.3 is 19.7 Å². The fourth-order valence-electron chi connectivity index (χ4n) is 1.96. The molecule has 0 radical (unpaired) electrons. The Morgan fingerprint density at radius 3 is 1.36 bits per heavy atom. The van der Waals surface area contributed by atoms with Crippen molar-refractivity contribution in [2.24, 2.45) is 0 Å². The fraction of sp³-hybridized carbons (Fsp3) is 0.667. The van der Waals surface area contributed by atoms with Gasteiger partial charge in [-0.25, -0.2) is 0 Å². The number of ether oxygens (including phenoxy) is 2. The van der Waals surface area contributed by atoms with Crippen molar-refractivity contribution in [2.75, 3.05) is 27.4 Å². The highest BCUT2D eigenvalue weighted by Gasteiger charge is 2.09. The predicted octanol–water partition coefficient (Wildman–Crippen LogP) is 2.76. The van der Waals surface area contributed by atoms with E-state index in [-0.39, 0.29) is 13.2 Å². The first kappa shape index (κ1) is 20.9. The van der Waals surface area contributed by atoms with Crippen LogP contribution >= 0.6 is 0 Å². The molecule has 2 N–H and O–H groups in total. The number of methoxy groups -OCH3 is 2. The van der Waals surface area contributed by atoms with E-state index < -0.39 is 12.2 Å². The van der Waals surface area contributed by atoms with Crippen LogP contribution in [0.1, 0.15) is 40.5 Å². The van der Waals surface area contributed by atoms with E-state index in [2.05, 4.69) is 11.5 Å². The summed E-state index contributed by atoms with van der Waals surface area (Å²) < 4.78 is 9.91. The number of rotatable bonds is 9. The van der Waals surface area contributed by atoms with E-state index in [0.29, 0.717) is 0 Å². The van der Waals surface area contributed by atoms with Gasteiger partial charge in [-0.2, -0.15) is 0 Å². The SMILES string of the molecule is CCC(=C=C(C)C(O)COC)C(=C=C(C)C(O)COC)CC. The van der Waals surface area contributed by atoms with Crippen molar-refractivity contribution < 1.29 is 19.7 Å². The third kappa shape index (κ3) is 7.24. The Bertz CT molecular complexity index is 419. The highest BCUT2D eigenvalue weighted by molar-refractivity contribution is 5.32. The van der Waals surface area contributed by atoms with Crippen LogP contribution in [0.2, 0.25) is 0 Å².